The van der Waals surface area contributed by atoms with Crippen molar-refractivity contribution in [3.05, 3.63) is 76.0 Å². The molecular formula is C30H38N2O4. The Morgan fingerprint density at radius 3 is 2.19 bits per heavy atom. The Morgan fingerprint density at radius 2 is 1.64 bits per heavy atom. The minimum absolute atomic E-state index is 0.0432. The Kier molecular flexibility index (Phi) is 6.70. The lowest BCUT2D eigenvalue weighted by Crippen LogP contribution is -2.60. The lowest BCUT2D eigenvalue weighted by atomic mass is 9.81. The number of hydrogen-bond donors (Lipinski definition) is 0. The third kappa shape index (κ3) is 4.36. The summed E-state index contributed by atoms with van der Waals surface area (Å²) in [6.07, 6.45) is 1.53. The smallest absolute Gasteiger partial charge is 0.258 e. The minimum Gasteiger partial charge on any atom is -0.490 e. The van der Waals surface area contributed by atoms with Crippen LogP contribution in [0.3, 0.4) is 0 Å². The zero-order chi connectivity index (χ0) is 25.5. The van der Waals surface area contributed by atoms with E-state index in [1.165, 1.54) is 5.56 Å². The van der Waals surface area contributed by atoms with Gasteiger partial charge in [0, 0.05) is 25.0 Å². The second-order valence-corrected chi connectivity index (χ2v) is 11.1. The van der Waals surface area contributed by atoms with Crippen molar-refractivity contribution in [3.63, 3.8) is 0 Å². The fourth-order valence-corrected chi connectivity index (χ4v) is 6.20. The van der Waals surface area contributed by atoms with Crippen LogP contribution in [0.15, 0.2) is 48.2 Å². The van der Waals surface area contributed by atoms with Gasteiger partial charge in [-0.2, -0.15) is 5.06 Å². The summed E-state index contributed by atoms with van der Waals surface area (Å²) in [6.45, 7) is 12.5. The summed E-state index contributed by atoms with van der Waals surface area (Å²) in [6, 6.07) is 14.5. The van der Waals surface area contributed by atoms with Gasteiger partial charge in [-0.15, -0.1) is 0 Å². The summed E-state index contributed by atoms with van der Waals surface area (Å²) in [5.41, 5.74) is 5.72. The van der Waals surface area contributed by atoms with Crippen molar-refractivity contribution in [2.75, 3.05) is 40.0 Å². The van der Waals surface area contributed by atoms with Crippen LogP contribution in [-0.2, 0) is 25.7 Å². The van der Waals surface area contributed by atoms with Crippen LogP contribution in [0.25, 0.3) is 5.57 Å². The maximum absolute atomic E-state index is 14.5. The summed E-state index contributed by atoms with van der Waals surface area (Å²) in [5.74, 6) is 0.901. The maximum Gasteiger partial charge on any atom is 0.258 e. The molecule has 0 unspecified atom stereocenters. The third-order valence-electron chi connectivity index (χ3n) is 8.03. The molecule has 2 saturated heterocycles. The molecule has 0 atom stereocenters. The first-order chi connectivity index (χ1) is 17.3. The SMILES string of the molecule is CON1CCC2(CC1)C(OCc1ccccc1)=C(c1c(C)cc(C)cc1C)C(=O)N2CC1(C)COC1. The van der Waals surface area contributed by atoms with Gasteiger partial charge in [0.25, 0.3) is 5.91 Å². The number of hydroxylamine groups is 2. The van der Waals surface area contributed by atoms with Crippen LogP contribution in [0.2, 0.25) is 0 Å². The predicted molar refractivity (Wildman–Crippen MR) is 140 cm³/mol. The number of carbonyl (C=O) groups excluding carboxylic acids is 1. The molecule has 0 aliphatic carbocycles. The van der Waals surface area contributed by atoms with Gasteiger partial charge in [0.15, 0.2) is 0 Å². The molecule has 0 saturated carbocycles. The lowest BCUT2D eigenvalue weighted by Gasteiger charge is -2.49. The van der Waals surface area contributed by atoms with Crippen LogP contribution in [-0.4, -0.2) is 61.4 Å². The number of ether oxygens (including phenoxy) is 2. The molecule has 0 N–H and O–H groups in total. The zero-order valence-electron chi connectivity index (χ0n) is 22.2. The first-order valence-electron chi connectivity index (χ1n) is 12.9. The van der Waals surface area contributed by atoms with Crippen LogP contribution in [0.4, 0.5) is 0 Å². The van der Waals surface area contributed by atoms with Gasteiger partial charge < -0.3 is 19.2 Å². The molecule has 6 heteroatoms. The van der Waals surface area contributed by atoms with E-state index in [-0.39, 0.29) is 11.3 Å². The molecule has 0 aromatic heterocycles. The number of rotatable bonds is 7. The maximum atomic E-state index is 14.5. The first-order valence-corrected chi connectivity index (χ1v) is 12.9. The normalized spacial score (nSPS) is 21.2. The molecule has 192 valence electrons. The average Bonchev–Trinajstić information content (AvgIpc) is 3.04. The van der Waals surface area contributed by atoms with Crippen molar-refractivity contribution in [2.24, 2.45) is 5.41 Å². The fraction of sp³-hybridized carbons (Fsp3) is 0.500. The Balaban J connectivity index is 1.64. The second kappa shape index (κ2) is 9.66. The molecule has 6 nitrogen and oxygen atoms in total. The molecule has 3 aliphatic rings. The highest BCUT2D eigenvalue weighted by molar-refractivity contribution is 6.24. The summed E-state index contributed by atoms with van der Waals surface area (Å²) in [4.78, 5) is 22.2. The van der Waals surface area contributed by atoms with E-state index in [1.54, 1.807) is 7.11 Å². The molecule has 2 fully saturated rings. The van der Waals surface area contributed by atoms with Crippen molar-refractivity contribution < 1.29 is 19.1 Å². The van der Waals surface area contributed by atoms with Gasteiger partial charge in [0.2, 0.25) is 0 Å². The number of aryl methyl sites for hydroxylation is 3. The van der Waals surface area contributed by atoms with E-state index in [4.69, 9.17) is 14.3 Å². The zero-order valence-corrected chi connectivity index (χ0v) is 22.2. The van der Waals surface area contributed by atoms with Gasteiger partial charge in [-0.3, -0.25) is 4.79 Å². The third-order valence-corrected chi connectivity index (χ3v) is 8.03. The average molecular weight is 491 g/mol. The molecule has 0 bridgehead atoms. The predicted octanol–water partition coefficient (Wildman–Crippen LogP) is 4.81. The van der Waals surface area contributed by atoms with E-state index in [9.17, 15) is 4.79 Å². The molecule has 3 heterocycles. The van der Waals surface area contributed by atoms with E-state index in [0.29, 0.717) is 26.4 Å². The molecular weight excluding hydrogens is 452 g/mol. The van der Waals surface area contributed by atoms with E-state index in [1.807, 2.05) is 23.3 Å². The molecule has 1 amide bonds. The Hall–Kier alpha value is -2.67. The Bertz CT molecular complexity index is 1140. The summed E-state index contributed by atoms with van der Waals surface area (Å²) < 4.78 is 12.3. The highest BCUT2D eigenvalue weighted by Gasteiger charge is 2.57. The highest BCUT2D eigenvalue weighted by atomic mass is 16.7. The standard InChI is InChI=1S/C30H38N2O4/c1-21-15-22(2)25(23(3)16-21)26-27(36-17-24-9-7-6-8-10-24)30(11-13-31(34-5)14-12-30)32(28(26)33)18-29(4)19-35-20-29/h6-10,15-16H,11-14,17-20H2,1-5H3. The number of hydrogen-bond acceptors (Lipinski definition) is 5. The molecule has 2 aromatic rings. The van der Waals surface area contributed by atoms with Crippen LogP contribution >= 0.6 is 0 Å². The van der Waals surface area contributed by atoms with Crippen LogP contribution in [0, 0.1) is 26.2 Å². The number of carbonyl (C=O) groups is 1. The Labute approximate surface area is 214 Å². The summed E-state index contributed by atoms with van der Waals surface area (Å²) in [5, 5.41) is 1.98. The monoisotopic (exact) mass is 490 g/mol. The van der Waals surface area contributed by atoms with Crippen molar-refractivity contribution in [1.29, 1.82) is 0 Å². The lowest BCUT2D eigenvalue weighted by molar-refractivity contribution is -0.175. The highest BCUT2D eigenvalue weighted by Crippen LogP contribution is 2.50. The van der Waals surface area contributed by atoms with E-state index in [0.717, 1.165) is 59.5 Å². The number of nitrogens with zero attached hydrogens (tertiary/aromatic N) is 2. The van der Waals surface area contributed by atoms with Crippen LogP contribution < -0.4 is 0 Å². The summed E-state index contributed by atoms with van der Waals surface area (Å²) in [7, 11) is 1.72. The van der Waals surface area contributed by atoms with Gasteiger partial charge in [0.05, 0.1) is 25.9 Å². The van der Waals surface area contributed by atoms with E-state index < -0.39 is 5.54 Å². The van der Waals surface area contributed by atoms with E-state index >= 15 is 0 Å². The minimum atomic E-state index is -0.501. The second-order valence-electron chi connectivity index (χ2n) is 11.1. The van der Waals surface area contributed by atoms with Gasteiger partial charge >= 0.3 is 0 Å². The van der Waals surface area contributed by atoms with E-state index in [2.05, 4.69) is 56.9 Å². The van der Waals surface area contributed by atoms with Crippen LogP contribution in [0.5, 0.6) is 0 Å². The number of piperidine rings is 1. The first kappa shape index (κ1) is 25.0. The largest absolute Gasteiger partial charge is 0.490 e. The summed E-state index contributed by atoms with van der Waals surface area (Å²) >= 11 is 0. The van der Waals surface area contributed by atoms with Crippen molar-refractivity contribution in [1.82, 2.24) is 9.96 Å². The number of amides is 1. The molecule has 36 heavy (non-hydrogen) atoms. The van der Waals surface area contributed by atoms with Crippen LogP contribution in [0.1, 0.15) is 47.6 Å². The van der Waals surface area contributed by atoms with Crippen molar-refractivity contribution >= 4 is 11.5 Å². The molecule has 5 rings (SSSR count). The molecule has 1 spiro atoms. The Morgan fingerprint density at radius 1 is 1.00 bits per heavy atom. The molecule has 3 aliphatic heterocycles. The van der Waals surface area contributed by atoms with Crippen molar-refractivity contribution in [3.8, 4) is 0 Å². The van der Waals surface area contributed by atoms with Gasteiger partial charge in [0.1, 0.15) is 17.9 Å². The van der Waals surface area contributed by atoms with Gasteiger partial charge in [-0.1, -0.05) is 55.0 Å². The number of benzene rings is 2. The topological polar surface area (TPSA) is 51.2 Å². The quantitative estimate of drug-likeness (QED) is 0.557. The molecule has 0 radical (unpaired) electrons. The van der Waals surface area contributed by atoms with Crippen molar-refractivity contribution in [2.45, 2.75) is 52.7 Å². The van der Waals surface area contributed by atoms with Gasteiger partial charge in [-0.05, 0) is 55.9 Å². The fourth-order valence-electron chi connectivity index (χ4n) is 6.20. The van der Waals surface area contributed by atoms with Gasteiger partial charge in [-0.25, -0.2) is 0 Å². The molecule has 2 aromatic carbocycles.